The van der Waals surface area contributed by atoms with Gasteiger partial charge in [0.25, 0.3) is 0 Å². The first-order valence-corrected chi connectivity index (χ1v) is 6.65. The number of rotatable bonds is 2. The van der Waals surface area contributed by atoms with Crippen molar-refractivity contribution >= 4 is 34.1 Å². The topological polar surface area (TPSA) is 49.8 Å². The summed E-state index contributed by atoms with van der Waals surface area (Å²) in [7, 11) is 0. The minimum atomic E-state index is 0.240. The smallest absolute Gasteiger partial charge is 0.174 e. The Morgan fingerprint density at radius 3 is 2.55 bits per heavy atom. The molecule has 20 heavy (non-hydrogen) atoms. The second-order valence-corrected chi connectivity index (χ2v) is 5.19. The van der Waals surface area contributed by atoms with Crippen LogP contribution in [-0.4, -0.2) is 5.16 Å². The zero-order chi connectivity index (χ0) is 14.1. The molecule has 3 aromatic rings. The number of fused-ring (bicyclic) bond motifs is 1. The van der Waals surface area contributed by atoms with Gasteiger partial charge in [-0.1, -0.05) is 28.4 Å². The molecule has 0 spiro atoms. The molecule has 0 atom stereocenters. The van der Waals surface area contributed by atoms with Crippen LogP contribution < -0.4 is 0 Å². The van der Waals surface area contributed by atoms with E-state index in [0.717, 1.165) is 16.5 Å². The largest absolute Gasteiger partial charge is 0.355 e. The van der Waals surface area contributed by atoms with Gasteiger partial charge in [0.15, 0.2) is 5.76 Å². The Balaban J connectivity index is 2.23. The normalized spacial score (nSPS) is 10.7. The fourth-order valence-corrected chi connectivity index (χ4v) is 2.47. The van der Waals surface area contributed by atoms with Gasteiger partial charge in [-0.15, -0.1) is 0 Å². The van der Waals surface area contributed by atoms with Crippen molar-refractivity contribution in [2.45, 2.75) is 6.42 Å². The monoisotopic (exact) mass is 302 g/mol. The molecule has 0 radical (unpaired) electrons. The zero-order valence-electron chi connectivity index (χ0n) is 10.2. The van der Waals surface area contributed by atoms with Gasteiger partial charge in [-0.25, -0.2) is 0 Å². The summed E-state index contributed by atoms with van der Waals surface area (Å²) in [5.74, 6) is 0.623. The van der Waals surface area contributed by atoms with Crippen LogP contribution in [0.5, 0.6) is 0 Å². The van der Waals surface area contributed by atoms with E-state index in [1.807, 2.05) is 12.1 Å². The van der Waals surface area contributed by atoms with E-state index >= 15 is 0 Å². The van der Waals surface area contributed by atoms with Crippen molar-refractivity contribution in [2.75, 3.05) is 0 Å². The predicted octanol–water partition coefficient (Wildman–Crippen LogP) is 4.87. The predicted molar refractivity (Wildman–Crippen MR) is 78.8 cm³/mol. The van der Waals surface area contributed by atoms with E-state index in [4.69, 9.17) is 33.0 Å². The first-order valence-electron chi connectivity index (χ1n) is 5.90. The van der Waals surface area contributed by atoms with Crippen LogP contribution in [0.15, 0.2) is 40.9 Å². The van der Waals surface area contributed by atoms with Gasteiger partial charge in [0.05, 0.1) is 17.9 Å². The molecule has 0 fully saturated rings. The highest BCUT2D eigenvalue weighted by Crippen LogP contribution is 2.33. The molecule has 0 bridgehead atoms. The molecule has 3 nitrogen and oxygen atoms in total. The molecule has 0 saturated carbocycles. The second kappa shape index (κ2) is 5.16. The molecular weight excluding hydrogens is 295 g/mol. The summed E-state index contributed by atoms with van der Waals surface area (Å²) in [6.45, 7) is 0. The third-order valence-corrected chi connectivity index (χ3v) is 3.47. The highest BCUT2D eigenvalue weighted by Gasteiger charge is 2.14. The van der Waals surface area contributed by atoms with Gasteiger partial charge in [0.1, 0.15) is 5.52 Å². The SMILES string of the molecule is N#CCc1cc(Cl)cc2c(-c3ccc(Cl)cc3)onc12. The van der Waals surface area contributed by atoms with Crippen LogP contribution >= 0.6 is 23.2 Å². The van der Waals surface area contributed by atoms with Gasteiger partial charge in [-0.2, -0.15) is 5.26 Å². The van der Waals surface area contributed by atoms with Crippen molar-refractivity contribution in [1.29, 1.82) is 5.26 Å². The van der Waals surface area contributed by atoms with Crippen LogP contribution in [0.1, 0.15) is 5.56 Å². The van der Waals surface area contributed by atoms with Crippen LogP contribution in [0.2, 0.25) is 10.0 Å². The van der Waals surface area contributed by atoms with Gasteiger partial charge in [0.2, 0.25) is 0 Å². The molecule has 0 unspecified atom stereocenters. The van der Waals surface area contributed by atoms with E-state index < -0.39 is 0 Å². The minimum absolute atomic E-state index is 0.240. The molecule has 0 aliphatic heterocycles. The molecule has 5 heteroatoms. The molecule has 98 valence electrons. The number of nitriles is 1. The Kier molecular flexibility index (Phi) is 3.35. The fourth-order valence-electron chi connectivity index (χ4n) is 2.11. The van der Waals surface area contributed by atoms with Crippen molar-refractivity contribution in [3.63, 3.8) is 0 Å². The molecule has 0 aliphatic rings. The van der Waals surface area contributed by atoms with Crippen molar-refractivity contribution in [2.24, 2.45) is 0 Å². The van der Waals surface area contributed by atoms with Crippen LogP contribution in [0.25, 0.3) is 22.2 Å². The highest BCUT2D eigenvalue weighted by atomic mass is 35.5. The lowest BCUT2D eigenvalue weighted by atomic mass is 10.0. The van der Waals surface area contributed by atoms with E-state index in [1.54, 1.807) is 24.3 Å². The summed E-state index contributed by atoms with van der Waals surface area (Å²) in [6.07, 6.45) is 0.240. The number of benzene rings is 2. The lowest BCUT2D eigenvalue weighted by Crippen LogP contribution is -1.84. The first kappa shape index (κ1) is 13.0. The maximum absolute atomic E-state index is 8.86. The number of nitrogens with zero attached hydrogens (tertiary/aromatic N) is 2. The third-order valence-electron chi connectivity index (χ3n) is 3.00. The third kappa shape index (κ3) is 2.24. The standard InChI is InChI=1S/C15H8Cl2N2O/c16-11-3-1-9(2-4-11)15-13-8-12(17)7-10(5-6-18)14(13)19-20-15/h1-4,7-8H,5H2. The molecule has 3 rings (SSSR count). The Morgan fingerprint density at radius 1 is 1.10 bits per heavy atom. The van der Waals surface area contributed by atoms with E-state index in [1.165, 1.54) is 0 Å². The maximum atomic E-state index is 8.86. The van der Waals surface area contributed by atoms with Gasteiger partial charge in [-0.3, -0.25) is 0 Å². The van der Waals surface area contributed by atoms with Gasteiger partial charge < -0.3 is 4.52 Å². The minimum Gasteiger partial charge on any atom is -0.355 e. The Labute approximate surface area is 125 Å². The molecule has 0 aliphatic carbocycles. The zero-order valence-corrected chi connectivity index (χ0v) is 11.7. The lowest BCUT2D eigenvalue weighted by molar-refractivity contribution is 0.440. The van der Waals surface area contributed by atoms with Gasteiger partial charge in [0, 0.05) is 15.6 Å². The van der Waals surface area contributed by atoms with E-state index in [-0.39, 0.29) is 6.42 Å². The van der Waals surface area contributed by atoms with E-state index in [2.05, 4.69) is 11.2 Å². The summed E-state index contributed by atoms with van der Waals surface area (Å²) in [4.78, 5) is 0. The quantitative estimate of drug-likeness (QED) is 0.678. The number of aromatic nitrogens is 1. The fraction of sp³-hybridized carbons (Fsp3) is 0.0667. The van der Waals surface area contributed by atoms with Crippen LogP contribution in [0.4, 0.5) is 0 Å². The molecule has 1 aromatic heterocycles. The van der Waals surface area contributed by atoms with Gasteiger partial charge in [-0.05, 0) is 42.0 Å². The Morgan fingerprint density at radius 2 is 1.85 bits per heavy atom. The van der Waals surface area contributed by atoms with Crippen molar-refractivity contribution < 1.29 is 4.52 Å². The van der Waals surface area contributed by atoms with Gasteiger partial charge >= 0.3 is 0 Å². The van der Waals surface area contributed by atoms with Crippen LogP contribution in [0, 0.1) is 11.3 Å². The lowest BCUT2D eigenvalue weighted by Gasteiger charge is -2.00. The summed E-state index contributed by atoms with van der Waals surface area (Å²) < 4.78 is 5.42. The van der Waals surface area contributed by atoms with Crippen LogP contribution in [0.3, 0.4) is 0 Å². The summed E-state index contributed by atoms with van der Waals surface area (Å²) in [6, 6.07) is 12.9. The van der Waals surface area contributed by atoms with Crippen molar-refractivity contribution in [3.8, 4) is 17.4 Å². The van der Waals surface area contributed by atoms with E-state index in [0.29, 0.717) is 21.3 Å². The first-order chi connectivity index (χ1) is 9.69. The second-order valence-electron chi connectivity index (χ2n) is 4.31. The van der Waals surface area contributed by atoms with Crippen molar-refractivity contribution in [1.82, 2.24) is 5.16 Å². The molecule has 2 aromatic carbocycles. The summed E-state index contributed by atoms with van der Waals surface area (Å²) in [5, 5.41) is 14.9. The number of halogens is 2. The average Bonchev–Trinajstić information content (AvgIpc) is 2.84. The van der Waals surface area contributed by atoms with Crippen molar-refractivity contribution in [3.05, 3.63) is 52.0 Å². The summed E-state index contributed by atoms with van der Waals surface area (Å²) in [5.41, 5.74) is 2.29. The van der Waals surface area contributed by atoms with E-state index in [9.17, 15) is 0 Å². The molecule has 1 heterocycles. The number of hydrogen-bond acceptors (Lipinski definition) is 3. The maximum Gasteiger partial charge on any atom is 0.174 e. The Bertz CT molecular complexity index is 816. The molecule has 0 saturated heterocycles. The number of hydrogen-bond donors (Lipinski definition) is 0. The van der Waals surface area contributed by atoms with Crippen LogP contribution in [-0.2, 0) is 6.42 Å². The molecule has 0 amide bonds. The highest BCUT2D eigenvalue weighted by molar-refractivity contribution is 6.31. The Hall–Kier alpha value is -2.02. The molecule has 0 N–H and O–H groups in total. The summed E-state index contributed by atoms with van der Waals surface area (Å²) >= 11 is 12.0. The molecular formula is C15H8Cl2N2O. The average molecular weight is 303 g/mol.